The van der Waals surface area contributed by atoms with E-state index in [1.165, 1.54) is 0 Å². The van der Waals surface area contributed by atoms with Gasteiger partial charge in [-0.2, -0.15) is 0 Å². The molecule has 0 aromatic rings. The summed E-state index contributed by atoms with van der Waals surface area (Å²) in [6.07, 6.45) is 3.75. The second kappa shape index (κ2) is 5.19. The van der Waals surface area contributed by atoms with Crippen LogP contribution in [0, 0.1) is 5.92 Å². The number of hydrogen-bond donors (Lipinski definition) is 2. The van der Waals surface area contributed by atoms with Gasteiger partial charge >= 0.3 is 0 Å². The van der Waals surface area contributed by atoms with Gasteiger partial charge in [0.25, 0.3) is 0 Å². The van der Waals surface area contributed by atoms with Gasteiger partial charge in [-0.3, -0.25) is 4.79 Å². The lowest BCUT2D eigenvalue weighted by Crippen LogP contribution is -2.36. The van der Waals surface area contributed by atoms with Crippen molar-refractivity contribution in [2.24, 2.45) is 11.7 Å². The molecule has 1 amide bonds. The fourth-order valence-electron chi connectivity index (χ4n) is 1.67. The number of nitrogens with two attached hydrogens (primary N) is 1. The third kappa shape index (κ3) is 3.32. The molecule has 0 heterocycles. The topological polar surface area (TPSA) is 64.3 Å². The summed E-state index contributed by atoms with van der Waals surface area (Å²) in [6, 6.07) is 0.298. The van der Waals surface area contributed by atoms with E-state index < -0.39 is 0 Å². The molecule has 0 atom stereocenters. The van der Waals surface area contributed by atoms with Crippen molar-refractivity contribution < 1.29 is 9.53 Å². The first-order chi connectivity index (χ1) is 6.24. The molecule has 0 bridgehead atoms. The maximum Gasteiger partial charge on any atom is 0.224 e. The van der Waals surface area contributed by atoms with Crippen LogP contribution in [0.15, 0.2) is 0 Å². The molecule has 1 aliphatic carbocycles. The molecule has 4 nitrogen and oxygen atoms in total. The monoisotopic (exact) mass is 186 g/mol. The Morgan fingerprint density at radius 2 is 2.08 bits per heavy atom. The van der Waals surface area contributed by atoms with E-state index in [1.54, 1.807) is 7.11 Å². The molecule has 0 aliphatic heterocycles. The van der Waals surface area contributed by atoms with Gasteiger partial charge < -0.3 is 15.8 Å². The summed E-state index contributed by atoms with van der Waals surface area (Å²) < 4.78 is 4.77. The van der Waals surface area contributed by atoms with Crippen molar-refractivity contribution in [3.63, 3.8) is 0 Å². The molecule has 4 heteroatoms. The summed E-state index contributed by atoms with van der Waals surface area (Å²) in [5, 5.41) is 2.71. The second-order valence-electron chi connectivity index (χ2n) is 3.59. The number of carbonyl (C=O) groups excluding carboxylic acids is 1. The van der Waals surface area contributed by atoms with Crippen LogP contribution in [-0.4, -0.2) is 25.8 Å². The van der Waals surface area contributed by atoms with Crippen molar-refractivity contribution >= 4 is 5.91 Å². The molecule has 0 aromatic heterocycles. The zero-order valence-corrected chi connectivity index (χ0v) is 8.08. The number of nitrogens with one attached hydrogen (secondary N) is 1. The smallest absolute Gasteiger partial charge is 0.224 e. The van der Waals surface area contributed by atoms with Crippen LogP contribution in [0.2, 0.25) is 0 Å². The van der Waals surface area contributed by atoms with Crippen LogP contribution >= 0.6 is 0 Å². The van der Waals surface area contributed by atoms with Crippen LogP contribution in [0.4, 0.5) is 0 Å². The zero-order chi connectivity index (χ0) is 9.68. The molecule has 0 aromatic carbocycles. The van der Waals surface area contributed by atoms with Crippen LogP contribution in [0.25, 0.3) is 0 Å². The molecule has 13 heavy (non-hydrogen) atoms. The fourth-order valence-corrected chi connectivity index (χ4v) is 1.67. The van der Waals surface area contributed by atoms with Gasteiger partial charge in [0, 0.05) is 19.1 Å². The van der Waals surface area contributed by atoms with Crippen molar-refractivity contribution in [3.05, 3.63) is 0 Å². The minimum atomic E-state index is 0.105. The Bertz CT molecular complexity index is 165. The molecular formula is C9H18N2O2. The van der Waals surface area contributed by atoms with Crippen LogP contribution in [0.5, 0.6) is 0 Å². The summed E-state index contributed by atoms with van der Waals surface area (Å²) in [6.45, 7) is 0.307. The van der Waals surface area contributed by atoms with E-state index in [9.17, 15) is 4.79 Å². The average Bonchev–Trinajstić information content (AvgIpc) is 2.15. The summed E-state index contributed by atoms with van der Waals surface area (Å²) >= 11 is 0. The highest BCUT2D eigenvalue weighted by atomic mass is 16.5. The Balaban J connectivity index is 2.23. The lowest BCUT2D eigenvalue weighted by molar-refractivity contribution is -0.127. The summed E-state index contributed by atoms with van der Waals surface area (Å²) in [4.78, 5) is 11.4. The largest absolute Gasteiger partial charge is 0.364 e. The predicted molar refractivity (Wildman–Crippen MR) is 50.0 cm³/mol. The molecule has 0 radical (unpaired) electrons. The van der Waals surface area contributed by atoms with Crippen LogP contribution in [0.3, 0.4) is 0 Å². The minimum Gasteiger partial charge on any atom is -0.364 e. The summed E-state index contributed by atoms with van der Waals surface area (Å²) in [5.74, 6) is 0.253. The number of rotatable bonds is 3. The van der Waals surface area contributed by atoms with E-state index in [1.807, 2.05) is 0 Å². The van der Waals surface area contributed by atoms with E-state index in [4.69, 9.17) is 10.5 Å². The lowest BCUT2D eigenvalue weighted by atomic mass is 9.86. The van der Waals surface area contributed by atoms with Crippen molar-refractivity contribution in [3.8, 4) is 0 Å². The summed E-state index contributed by atoms with van der Waals surface area (Å²) in [5.41, 5.74) is 5.74. The van der Waals surface area contributed by atoms with E-state index >= 15 is 0 Å². The minimum absolute atomic E-state index is 0.105. The van der Waals surface area contributed by atoms with Gasteiger partial charge in [0.1, 0.15) is 6.73 Å². The van der Waals surface area contributed by atoms with Crippen molar-refractivity contribution in [1.82, 2.24) is 5.32 Å². The summed E-state index contributed by atoms with van der Waals surface area (Å²) in [7, 11) is 1.57. The third-order valence-corrected chi connectivity index (χ3v) is 2.53. The highest BCUT2D eigenvalue weighted by Gasteiger charge is 2.23. The Morgan fingerprint density at radius 3 is 2.62 bits per heavy atom. The van der Waals surface area contributed by atoms with Crippen molar-refractivity contribution in [2.45, 2.75) is 31.7 Å². The molecular weight excluding hydrogens is 168 g/mol. The molecule has 0 spiro atoms. The average molecular weight is 186 g/mol. The predicted octanol–water partition coefficient (Wildman–Crippen LogP) is 0.224. The first-order valence-corrected chi connectivity index (χ1v) is 4.76. The molecule has 1 saturated carbocycles. The van der Waals surface area contributed by atoms with E-state index in [-0.39, 0.29) is 11.8 Å². The molecule has 1 rings (SSSR count). The second-order valence-corrected chi connectivity index (χ2v) is 3.59. The molecule has 0 unspecified atom stereocenters. The van der Waals surface area contributed by atoms with Gasteiger partial charge in [-0.05, 0) is 25.7 Å². The third-order valence-electron chi connectivity index (χ3n) is 2.53. The number of carbonyl (C=O) groups is 1. The fraction of sp³-hybridized carbons (Fsp3) is 0.889. The van der Waals surface area contributed by atoms with Gasteiger partial charge in [-0.1, -0.05) is 0 Å². The maximum absolute atomic E-state index is 11.4. The highest BCUT2D eigenvalue weighted by molar-refractivity contribution is 5.78. The Labute approximate surface area is 78.8 Å². The van der Waals surface area contributed by atoms with Gasteiger partial charge in [0.2, 0.25) is 5.91 Å². The number of hydrogen-bond acceptors (Lipinski definition) is 3. The van der Waals surface area contributed by atoms with Gasteiger partial charge in [0.15, 0.2) is 0 Å². The quantitative estimate of drug-likeness (QED) is 0.620. The Kier molecular flexibility index (Phi) is 4.18. The zero-order valence-electron chi connectivity index (χ0n) is 8.08. The Hall–Kier alpha value is -0.610. The van der Waals surface area contributed by atoms with Crippen LogP contribution in [-0.2, 0) is 9.53 Å². The first-order valence-electron chi connectivity index (χ1n) is 4.76. The van der Waals surface area contributed by atoms with Crippen molar-refractivity contribution in [1.29, 1.82) is 0 Å². The number of amides is 1. The SMILES string of the molecule is COCNC(=O)C1CCC(N)CC1. The molecule has 1 aliphatic rings. The lowest BCUT2D eigenvalue weighted by Gasteiger charge is -2.24. The van der Waals surface area contributed by atoms with Gasteiger partial charge in [-0.15, -0.1) is 0 Å². The Morgan fingerprint density at radius 1 is 1.46 bits per heavy atom. The van der Waals surface area contributed by atoms with E-state index in [0.29, 0.717) is 12.8 Å². The maximum atomic E-state index is 11.4. The standard InChI is InChI=1S/C9H18N2O2/c1-13-6-11-9(12)7-2-4-8(10)5-3-7/h7-8H,2-6,10H2,1H3,(H,11,12). The molecule has 0 saturated heterocycles. The number of methoxy groups -OCH3 is 1. The van der Waals surface area contributed by atoms with Gasteiger partial charge in [0.05, 0.1) is 0 Å². The normalized spacial score (nSPS) is 28.5. The molecule has 3 N–H and O–H groups in total. The molecule has 1 fully saturated rings. The highest BCUT2D eigenvalue weighted by Crippen LogP contribution is 2.22. The van der Waals surface area contributed by atoms with E-state index in [2.05, 4.69) is 5.32 Å². The molecule has 76 valence electrons. The van der Waals surface area contributed by atoms with Gasteiger partial charge in [-0.25, -0.2) is 0 Å². The number of ether oxygens (including phenoxy) is 1. The van der Waals surface area contributed by atoms with Crippen LogP contribution in [0.1, 0.15) is 25.7 Å². The van der Waals surface area contributed by atoms with E-state index in [0.717, 1.165) is 25.7 Å². The van der Waals surface area contributed by atoms with Crippen LogP contribution < -0.4 is 11.1 Å². The first kappa shape index (κ1) is 10.5. The van der Waals surface area contributed by atoms with Crippen molar-refractivity contribution in [2.75, 3.05) is 13.8 Å².